The van der Waals surface area contributed by atoms with Crippen LogP contribution in [0.4, 0.5) is 0 Å². The van der Waals surface area contributed by atoms with Crippen LogP contribution < -0.4 is 16.4 Å². The molecule has 0 saturated heterocycles. The van der Waals surface area contributed by atoms with Crippen LogP contribution in [0.25, 0.3) is 12.7 Å². The fourth-order valence-corrected chi connectivity index (χ4v) is 1.73. The van der Waals surface area contributed by atoms with Crippen molar-refractivity contribution in [1.29, 1.82) is 0 Å². The molecule has 0 aromatic carbocycles. The molecule has 0 atom stereocenters. The molecule has 0 saturated carbocycles. The van der Waals surface area contributed by atoms with Crippen LogP contribution in [0.1, 0.15) is 0 Å². The Morgan fingerprint density at radius 2 is 2.43 bits per heavy atom. The van der Waals surface area contributed by atoms with Gasteiger partial charge in [0.15, 0.2) is 5.17 Å². The number of imidazole rings is 1. The summed E-state index contributed by atoms with van der Waals surface area (Å²) in [4.78, 5) is 11.1. The maximum Gasteiger partial charge on any atom is 0.159 e. The summed E-state index contributed by atoms with van der Waals surface area (Å²) in [6, 6.07) is 0. The number of aliphatic imine (C=N–C) groups is 1. The van der Waals surface area contributed by atoms with Crippen molar-refractivity contribution in [2.24, 2.45) is 10.7 Å². The summed E-state index contributed by atoms with van der Waals surface area (Å²) in [5.74, 6) is 0.836. The zero-order valence-corrected chi connectivity index (χ0v) is 8.34. The van der Waals surface area contributed by atoms with Crippen LogP contribution in [-0.2, 0) is 0 Å². The minimum atomic E-state index is 0.629. The molecule has 5 heteroatoms. The van der Waals surface area contributed by atoms with Gasteiger partial charge in [-0.3, -0.25) is 0 Å². The summed E-state index contributed by atoms with van der Waals surface area (Å²) >= 11 is 1.54. The van der Waals surface area contributed by atoms with E-state index >= 15 is 0 Å². The summed E-state index contributed by atoms with van der Waals surface area (Å²) in [6.07, 6.45) is 5.45. The van der Waals surface area contributed by atoms with Gasteiger partial charge in [-0.15, -0.1) is 0 Å². The first-order chi connectivity index (χ1) is 6.75. The van der Waals surface area contributed by atoms with Gasteiger partial charge in [0, 0.05) is 5.75 Å². The molecule has 2 rings (SSSR count). The fraction of sp³-hybridized carbons (Fsp3) is 0.111. The molecule has 4 nitrogen and oxygen atoms in total. The molecule has 72 valence electrons. The van der Waals surface area contributed by atoms with E-state index in [-0.39, 0.29) is 0 Å². The predicted octanol–water partition coefficient (Wildman–Crippen LogP) is -0.454. The van der Waals surface area contributed by atoms with Gasteiger partial charge in [0.25, 0.3) is 0 Å². The Labute approximate surface area is 85.3 Å². The van der Waals surface area contributed by atoms with Crippen molar-refractivity contribution in [2.45, 2.75) is 0 Å². The molecule has 0 radical (unpaired) electrons. The zero-order valence-electron chi connectivity index (χ0n) is 7.53. The monoisotopic (exact) mass is 206 g/mol. The molecule has 0 amide bonds. The number of rotatable bonds is 1. The second-order valence-electron chi connectivity index (χ2n) is 2.83. The Morgan fingerprint density at radius 3 is 3.00 bits per heavy atom. The molecule has 0 aliphatic carbocycles. The lowest BCUT2D eigenvalue weighted by molar-refractivity contribution is 1.29. The normalized spacial score (nSPS) is 20.4. The molecule has 1 aliphatic heterocycles. The number of aromatic amines is 1. The molecule has 3 N–H and O–H groups in total. The number of H-pyrrole nitrogens is 1. The molecule has 0 spiro atoms. The maximum atomic E-state index is 5.53. The first-order valence-corrected chi connectivity index (χ1v) is 5.10. The van der Waals surface area contributed by atoms with Gasteiger partial charge in [0.05, 0.1) is 22.7 Å². The van der Waals surface area contributed by atoms with Crippen LogP contribution in [0, 0.1) is 0 Å². The summed E-state index contributed by atoms with van der Waals surface area (Å²) in [6.45, 7) is 3.77. The van der Waals surface area contributed by atoms with Crippen molar-refractivity contribution >= 4 is 29.6 Å². The number of nitrogens with zero attached hydrogens (tertiary/aromatic N) is 2. The minimum absolute atomic E-state index is 0.629. The molecule has 0 fully saturated rings. The Hall–Kier alpha value is -1.49. The van der Waals surface area contributed by atoms with Gasteiger partial charge >= 0.3 is 0 Å². The standard InChI is InChI=1S/C9H10N4S/c1-6-8(12-5-11-6)3-2-7-4-14-9(10)13-7/h2-3,5H,1,4H2,(H2,10,13)(H,11,12)/b7-2+,8-3+. The van der Waals surface area contributed by atoms with Gasteiger partial charge in [-0.2, -0.15) is 0 Å². The second kappa shape index (κ2) is 3.71. The van der Waals surface area contributed by atoms with Crippen molar-refractivity contribution in [3.05, 3.63) is 28.8 Å². The topological polar surface area (TPSA) is 67.1 Å². The molecule has 14 heavy (non-hydrogen) atoms. The van der Waals surface area contributed by atoms with Crippen molar-refractivity contribution in [1.82, 2.24) is 9.97 Å². The molecule has 2 heterocycles. The highest BCUT2D eigenvalue weighted by atomic mass is 32.2. The van der Waals surface area contributed by atoms with Crippen molar-refractivity contribution in [2.75, 3.05) is 5.75 Å². The van der Waals surface area contributed by atoms with Gasteiger partial charge in [-0.05, 0) is 12.2 Å². The highest BCUT2D eigenvalue weighted by Gasteiger charge is 2.06. The fourth-order valence-electron chi connectivity index (χ4n) is 1.10. The number of allylic oxidation sites excluding steroid dienone is 1. The molecule has 0 bridgehead atoms. The first-order valence-electron chi connectivity index (χ1n) is 4.12. The van der Waals surface area contributed by atoms with E-state index in [1.807, 2.05) is 12.2 Å². The summed E-state index contributed by atoms with van der Waals surface area (Å²) in [7, 11) is 0. The highest BCUT2D eigenvalue weighted by molar-refractivity contribution is 8.14. The van der Waals surface area contributed by atoms with E-state index in [1.54, 1.807) is 18.1 Å². The van der Waals surface area contributed by atoms with E-state index < -0.39 is 0 Å². The van der Waals surface area contributed by atoms with Gasteiger partial charge in [0.2, 0.25) is 0 Å². The number of hydrogen-bond donors (Lipinski definition) is 2. The predicted molar refractivity (Wildman–Crippen MR) is 60.0 cm³/mol. The van der Waals surface area contributed by atoms with Crippen molar-refractivity contribution in [3.8, 4) is 0 Å². The van der Waals surface area contributed by atoms with Crippen LogP contribution in [-0.4, -0.2) is 20.9 Å². The molecule has 1 aromatic heterocycles. The van der Waals surface area contributed by atoms with Gasteiger partial charge < -0.3 is 10.7 Å². The van der Waals surface area contributed by atoms with E-state index in [9.17, 15) is 0 Å². The third-order valence-corrected chi connectivity index (χ3v) is 2.64. The number of amidine groups is 1. The Kier molecular flexibility index (Phi) is 2.41. The first kappa shape index (κ1) is 9.08. The number of nitrogens with one attached hydrogen (secondary N) is 1. The molecule has 0 unspecified atom stereocenters. The lowest BCUT2D eigenvalue weighted by Gasteiger charge is -1.84. The average Bonchev–Trinajstić information content (AvgIpc) is 2.72. The third kappa shape index (κ3) is 1.88. The highest BCUT2D eigenvalue weighted by Crippen LogP contribution is 2.17. The van der Waals surface area contributed by atoms with Crippen molar-refractivity contribution < 1.29 is 0 Å². The summed E-state index contributed by atoms with van der Waals surface area (Å²) in [5.41, 5.74) is 6.50. The van der Waals surface area contributed by atoms with E-state index in [4.69, 9.17) is 5.73 Å². The summed E-state index contributed by atoms with van der Waals surface area (Å²) in [5, 5.41) is 2.27. The van der Waals surface area contributed by atoms with Crippen LogP contribution >= 0.6 is 11.8 Å². The van der Waals surface area contributed by atoms with Gasteiger partial charge in [-0.1, -0.05) is 18.3 Å². The van der Waals surface area contributed by atoms with E-state index in [2.05, 4.69) is 21.5 Å². The number of hydrogen-bond acceptors (Lipinski definition) is 4. The Balaban J connectivity index is 2.30. The summed E-state index contributed by atoms with van der Waals surface area (Å²) < 4.78 is 0. The molecule has 1 aromatic rings. The minimum Gasteiger partial charge on any atom is -0.378 e. The molecular weight excluding hydrogens is 196 g/mol. The number of thioether (sulfide) groups is 1. The molecule has 1 aliphatic rings. The van der Waals surface area contributed by atoms with Crippen molar-refractivity contribution in [3.63, 3.8) is 0 Å². The average molecular weight is 206 g/mol. The second-order valence-corrected chi connectivity index (χ2v) is 3.82. The van der Waals surface area contributed by atoms with Crippen LogP contribution in [0.5, 0.6) is 0 Å². The smallest absolute Gasteiger partial charge is 0.159 e. The number of nitrogens with two attached hydrogens (primary N) is 1. The lowest BCUT2D eigenvalue weighted by Crippen LogP contribution is -2.21. The van der Waals surface area contributed by atoms with Gasteiger partial charge in [0.1, 0.15) is 0 Å². The van der Waals surface area contributed by atoms with Crippen LogP contribution in [0.2, 0.25) is 0 Å². The Morgan fingerprint density at radius 1 is 1.57 bits per heavy atom. The Bertz CT molecular complexity index is 497. The number of aromatic nitrogens is 2. The SMILES string of the molecule is C=c1nc[nH]/c1=C/C=C1\CSC(N)=N1. The van der Waals surface area contributed by atoms with E-state index in [0.29, 0.717) is 5.17 Å². The quantitative estimate of drug-likeness (QED) is 0.654. The lowest BCUT2D eigenvalue weighted by atomic mass is 10.4. The zero-order chi connectivity index (χ0) is 9.97. The molecular formula is C9H10N4S. The maximum absolute atomic E-state index is 5.53. The largest absolute Gasteiger partial charge is 0.378 e. The van der Waals surface area contributed by atoms with E-state index in [0.717, 1.165) is 22.1 Å². The van der Waals surface area contributed by atoms with E-state index in [1.165, 1.54) is 0 Å². The van der Waals surface area contributed by atoms with Crippen LogP contribution in [0.3, 0.4) is 0 Å². The van der Waals surface area contributed by atoms with Crippen LogP contribution in [0.15, 0.2) is 23.1 Å². The third-order valence-electron chi connectivity index (χ3n) is 1.82. The van der Waals surface area contributed by atoms with Gasteiger partial charge in [-0.25, -0.2) is 9.98 Å².